The molecule has 0 N–H and O–H groups in total. The molecule has 8 aromatic rings. The molecule has 55 heavy (non-hydrogen) atoms. The molecule has 0 aliphatic carbocycles. The van der Waals surface area contributed by atoms with E-state index in [1.165, 1.54) is 0 Å². The Morgan fingerprint density at radius 2 is 0.691 bits per heavy atom. The number of aromatic nitrogens is 4. The van der Waals surface area contributed by atoms with Crippen LogP contribution in [0.3, 0.4) is 0 Å². The Morgan fingerprint density at radius 1 is 0.436 bits per heavy atom. The van der Waals surface area contributed by atoms with Gasteiger partial charge >= 0.3 is 24.7 Å². The minimum atomic E-state index is -5.04. The predicted molar refractivity (Wildman–Crippen MR) is 170 cm³/mol. The topological polar surface area (TPSA) is 96.4 Å². The molecule has 276 valence electrons. The summed E-state index contributed by atoms with van der Waals surface area (Å²) in [5.41, 5.74) is -11.2. The fourth-order valence-corrected chi connectivity index (χ4v) is 6.85. The van der Waals surface area contributed by atoms with E-state index in [9.17, 15) is 63.2 Å². The first kappa shape index (κ1) is 35.3. The highest BCUT2D eigenvalue weighted by molar-refractivity contribution is 6.13. The van der Waals surface area contributed by atoms with Gasteiger partial charge in [-0.1, -0.05) is 24.3 Å². The molecular formula is C36H12F12N6O. The Kier molecular flexibility index (Phi) is 7.30. The average molecular weight is 773 g/mol. The summed E-state index contributed by atoms with van der Waals surface area (Å²) in [5.74, 6) is 0. The van der Waals surface area contributed by atoms with Crippen LogP contribution in [0.25, 0.3) is 66.0 Å². The molecule has 0 saturated carbocycles. The van der Waals surface area contributed by atoms with Gasteiger partial charge in [-0.3, -0.25) is 0 Å². The molecule has 0 aliphatic rings. The first-order chi connectivity index (χ1) is 25.7. The fourth-order valence-electron chi connectivity index (χ4n) is 6.85. The van der Waals surface area contributed by atoms with Crippen LogP contribution in [0.4, 0.5) is 52.7 Å². The average Bonchev–Trinajstić information content (AvgIpc) is 3.80. The van der Waals surface area contributed by atoms with Crippen LogP contribution in [0.2, 0.25) is 0 Å². The molecule has 0 aliphatic heterocycles. The van der Waals surface area contributed by atoms with Crippen molar-refractivity contribution in [2.24, 2.45) is 0 Å². The third kappa shape index (κ3) is 5.29. The minimum Gasteiger partial charge on any atom is -0.306 e. The zero-order valence-corrected chi connectivity index (χ0v) is 26.6. The molecule has 0 amide bonds. The maximum Gasteiger partial charge on any atom is 0.416 e. The number of benzene rings is 5. The zero-order valence-electron chi connectivity index (χ0n) is 26.6. The molecular weight excluding hydrogens is 760 g/mol. The number of rotatable bonds is 2. The van der Waals surface area contributed by atoms with Crippen LogP contribution in [-0.4, -0.2) is 19.4 Å². The van der Waals surface area contributed by atoms with Crippen molar-refractivity contribution in [3.63, 3.8) is 0 Å². The van der Waals surface area contributed by atoms with Gasteiger partial charge in [-0.05, 0) is 58.8 Å². The zero-order chi connectivity index (χ0) is 39.6. The fraction of sp³-hybridized carbons (Fsp3) is 0.111. The lowest BCUT2D eigenvalue weighted by Gasteiger charge is -2.20. The Labute approximate surface area is 296 Å². The van der Waals surface area contributed by atoms with Crippen molar-refractivity contribution in [1.82, 2.24) is 19.4 Å². The SMILES string of the molecule is N#Cc1c(-n2c3cc(C(F)(F)F)ccc3c3ccc(C(F)(F)F)cc32)c(-n2c3cc(C(F)(F)F)ccc3c3ccc(C(F)(F)F)cc32)c(C#N)c2nonc12. The summed E-state index contributed by atoms with van der Waals surface area (Å²) >= 11 is 0. The van der Waals surface area contributed by atoms with E-state index in [0.717, 1.165) is 33.4 Å². The van der Waals surface area contributed by atoms with Crippen molar-refractivity contribution in [2.75, 3.05) is 0 Å². The normalized spacial score (nSPS) is 13.1. The smallest absolute Gasteiger partial charge is 0.306 e. The Bertz CT molecular complexity index is 2670. The van der Waals surface area contributed by atoms with Crippen molar-refractivity contribution in [3.05, 3.63) is 106 Å². The van der Waals surface area contributed by atoms with Gasteiger partial charge in [0.2, 0.25) is 0 Å². The molecule has 0 fully saturated rings. The molecule has 7 nitrogen and oxygen atoms in total. The van der Waals surface area contributed by atoms with Crippen LogP contribution in [0, 0.1) is 22.7 Å². The van der Waals surface area contributed by atoms with Gasteiger partial charge in [0.25, 0.3) is 0 Å². The third-order valence-electron chi connectivity index (χ3n) is 9.18. The number of halogens is 12. The van der Waals surface area contributed by atoms with Crippen LogP contribution in [0.5, 0.6) is 0 Å². The van der Waals surface area contributed by atoms with Crippen LogP contribution in [0.15, 0.2) is 77.4 Å². The van der Waals surface area contributed by atoms with Gasteiger partial charge in [-0.2, -0.15) is 63.2 Å². The quantitative estimate of drug-likeness (QED) is 0.163. The van der Waals surface area contributed by atoms with E-state index in [-0.39, 0.29) is 21.5 Å². The second-order valence-corrected chi connectivity index (χ2v) is 12.2. The first-order valence-electron chi connectivity index (χ1n) is 15.3. The van der Waals surface area contributed by atoms with Crippen LogP contribution < -0.4 is 0 Å². The molecule has 0 bridgehead atoms. The van der Waals surface area contributed by atoms with Crippen molar-refractivity contribution >= 4 is 54.6 Å². The van der Waals surface area contributed by atoms with Gasteiger partial charge in [0.1, 0.15) is 23.3 Å². The van der Waals surface area contributed by atoms with E-state index in [2.05, 4.69) is 10.3 Å². The standard InChI is InChI=1S/C36H12F12N6O/c37-33(38,39)15-1-5-19-20-6-2-16(34(40,41)42)10-26(20)53(25(19)9-15)31-23(13-49)29-30(52-55-51-29)24(14-50)32(31)54-27-11-17(35(43,44)45)3-7-21(27)22-8-4-18(12-28(22)54)36(46,47)48/h1-12H. The maximum atomic E-state index is 14.2. The summed E-state index contributed by atoms with van der Waals surface area (Å²) in [5, 5.41) is 28.1. The van der Waals surface area contributed by atoms with Gasteiger partial charge in [0.15, 0.2) is 11.0 Å². The van der Waals surface area contributed by atoms with Crippen molar-refractivity contribution in [1.29, 1.82) is 10.5 Å². The van der Waals surface area contributed by atoms with E-state index < -0.39 is 103 Å². The highest BCUT2D eigenvalue weighted by Gasteiger charge is 2.37. The lowest BCUT2D eigenvalue weighted by Crippen LogP contribution is -2.12. The van der Waals surface area contributed by atoms with E-state index in [4.69, 9.17) is 4.63 Å². The second kappa shape index (κ2) is 11.4. The molecule has 0 atom stereocenters. The molecule has 3 heterocycles. The van der Waals surface area contributed by atoms with Gasteiger partial charge in [0, 0.05) is 21.5 Å². The van der Waals surface area contributed by atoms with E-state index in [0.29, 0.717) is 48.5 Å². The number of hydrogen-bond acceptors (Lipinski definition) is 5. The minimum absolute atomic E-state index is 0.107. The van der Waals surface area contributed by atoms with Crippen molar-refractivity contribution in [3.8, 4) is 23.5 Å². The van der Waals surface area contributed by atoms with E-state index in [1.807, 2.05) is 0 Å². The molecule has 5 aromatic carbocycles. The summed E-state index contributed by atoms with van der Waals surface area (Å²) in [6, 6.07) is 12.0. The van der Waals surface area contributed by atoms with Gasteiger partial charge in [-0.25, -0.2) is 4.63 Å². The number of alkyl halides is 12. The Hall–Kier alpha value is -6.76. The predicted octanol–water partition coefficient (Wildman–Crippen LogP) is 11.2. The van der Waals surface area contributed by atoms with Crippen molar-refractivity contribution in [2.45, 2.75) is 24.7 Å². The molecule has 8 rings (SSSR count). The molecule has 19 heteroatoms. The van der Waals surface area contributed by atoms with E-state index in [1.54, 1.807) is 12.1 Å². The largest absolute Gasteiger partial charge is 0.416 e. The number of hydrogen-bond donors (Lipinski definition) is 0. The Morgan fingerprint density at radius 3 is 0.909 bits per heavy atom. The molecule has 0 radical (unpaired) electrons. The number of nitrogens with zero attached hydrogens (tertiary/aromatic N) is 6. The number of fused-ring (bicyclic) bond motifs is 7. The first-order valence-corrected chi connectivity index (χ1v) is 15.3. The summed E-state index contributed by atoms with van der Waals surface area (Å²) in [6.07, 6.45) is -20.2. The highest BCUT2D eigenvalue weighted by Crippen LogP contribution is 2.46. The molecule has 0 unspecified atom stereocenters. The third-order valence-corrected chi connectivity index (χ3v) is 9.18. The summed E-state index contributed by atoms with van der Waals surface area (Å²) in [7, 11) is 0. The highest BCUT2D eigenvalue weighted by atomic mass is 19.4. The van der Waals surface area contributed by atoms with Crippen LogP contribution >= 0.6 is 0 Å². The van der Waals surface area contributed by atoms with E-state index >= 15 is 0 Å². The summed E-state index contributed by atoms with van der Waals surface area (Å²) in [6.45, 7) is 0. The lowest BCUT2D eigenvalue weighted by molar-refractivity contribution is -0.138. The van der Waals surface area contributed by atoms with Crippen molar-refractivity contribution < 1.29 is 57.3 Å². The lowest BCUT2D eigenvalue weighted by atomic mass is 10.0. The summed E-state index contributed by atoms with van der Waals surface area (Å²) in [4.78, 5) is 0. The van der Waals surface area contributed by atoms with Gasteiger partial charge < -0.3 is 9.13 Å². The molecule has 0 saturated heterocycles. The van der Waals surface area contributed by atoms with Crippen LogP contribution in [0.1, 0.15) is 33.4 Å². The number of nitriles is 2. The molecule has 0 spiro atoms. The van der Waals surface area contributed by atoms with Gasteiger partial charge in [-0.15, -0.1) is 0 Å². The summed E-state index contributed by atoms with van der Waals surface area (Å²) < 4.78 is 177. The Balaban J connectivity index is 1.70. The maximum absolute atomic E-state index is 14.2. The second-order valence-electron chi connectivity index (χ2n) is 12.2. The monoisotopic (exact) mass is 772 g/mol. The van der Waals surface area contributed by atoms with Crippen LogP contribution in [-0.2, 0) is 24.7 Å². The van der Waals surface area contributed by atoms with Gasteiger partial charge in [0.05, 0.1) is 55.7 Å². The molecule has 3 aromatic heterocycles.